The molecule has 1 aromatic carbocycles. The Bertz CT molecular complexity index is 196. The lowest BCUT2D eigenvalue weighted by Crippen LogP contribution is -1.82. The van der Waals surface area contributed by atoms with Crippen molar-refractivity contribution in [3.8, 4) is 0 Å². The third-order valence-electron chi connectivity index (χ3n) is 1.31. The lowest BCUT2D eigenvalue weighted by atomic mass is 10.2. The Morgan fingerprint density at radius 1 is 1.44 bits per heavy atom. The first-order valence-electron chi connectivity index (χ1n) is 2.85. The van der Waals surface area contributed by atoms with Crippen LogP contribution in [0, 0.1) is 23.5 Å². The molecule has 0 aromatic heterocycles. The second kappa shape index (κ2) is 2.69. The lowest BCUT2D eigenvalue weighted by Gasteiger charge is -1.98. The normalized spacial score (nSPS) is 9.67. The highest BCUT2D eigenvalue weighted by Crippen LogP contribution is 2.13. The quantitative estimate of drug-likeness (QED) is 0.602. The molecule has 0 atom stereocenters. The highest BCUT2D eigenvalue weighted by atomic mass is 127. The summed E-state index contributed by atoms with van der Waals surface area (Å²) in [6, 6.07) is 7.18. The standard InChI is InChI=1S/C8H8I/c1-6-4-3-5-7(2)8(6)9/h3-4H,1-2H3. The van der Waals surface area contributed by atoms with Crippen molar-refractivity contribution in [2.45, 2.75) is 13.8 Å². The Morgan fingerprint density at radius 3 is 2.56 bits per heavy atom. The molecule has 0 aliphatic rings. The summed E-state index contributed by atoms with van der Waals surface area (Å²) in [6.45, 7) is 4.19. The van der Waals surface area contributed by atoms with Crippen LogP contribution in [0.3, 0.4) is 0 Å². The van der Waals surface area contributed by atoms with Crippen molar-refractivity contribution >= 4 is 22.6 Å². The molecule has 0 amide bonds. The molecule has 0 nitrogen and oxygen atoms in total. The van der Waals surface area contributed by atoms with Gasteiger partial charge >= 0.3 is 0 Å². The minimum Gasteiger partial charge on any atom is -0.0576 e. The summed E-state index contributed by atoms with van der Waals surface area (Å²) in [4.78, 5) is 0. The molecule has 1 aromatic rings. The van der Waals surface area contributed by atoms with Gasteiger partial charge in [-0.05, 0) is 53.6 Å². The smallest absolute Gasteiger partial charge is 0.0194 e. The molecule has 0 bridgehead atoms. The van der Waals surface area contributed by atoms with E-state index in [0.717, 1.165) is 0 Å². The maximum Gasteiger partial charge on any atom is 0.0194 e. The van der Waals surface area contributed by atoms with Gasteiger partial charge in [0.1, 0.15) is 0 Å². The van der Waals surface area contributed by atoms with Crippen LogP contribution in [0.4, 0.5) is 0 Å². The van der Waals surface area contributed by atoms with Gasteiger partial charge in [-0.25, -0.2) is 0 Å². The van der Waals surface area contributed by atoms with Crippen LogP contribution in [0.1, 0.15) is 11.1 Å². The summed E-state index contributed by atoms with van der Waals surface area (Å²) in [6.07, 6.45) is 0. The molecule has 0 heterocycles. The van der Waals surface area contributed by atoms with Crippen molar-refractivity contribution in [1.29, 1.82) is 0 Å². The second-order valence-electron chi connectivity index (χ2n) is 2.10. The van der Waals surface area contributed by atoms with E-state index in [1.807, 2.05) is 6.07 Å². The zero-order valence-corrected chi connectivity index (χ0v) is 7.69. The van der Waals surface area contributed by atoms with Crippen molar-refractivity contribution in [2.24, 2.45) is 0 Å². The van der Waals surface area contributed by atoms with Crippen LogP contribution in [-0.2, 0) is 0 Å². The van der Waals surface area contributed by atoms with Crippen LogP contribution in [0.2, 0.25) is 0 Å². The number of benzene rings is 1. The van der Waals surface area contributed by atoms with E-state index >= 15 is 0 Å². The number of rotatable bonds is 0. The predicted octanol–water partition coefficient (Wildman–Crippen LogP) is 2.71. The topological polar surface area (TPSA) is 0 Å². The van der Waals surface area contributed by atoms with E-state index in [4.69, 9.17) is 0 Å². The molecule has 9 heavy (non-hydrogen) atoms. The van der Waals surface area contributed by atoms with Gasteiger partial charge in [0.25, 0.3) is 0 Å². The van der Waals surface area contributed by atoms with E-state index in [2.05, 4.69) is 48.6 Å². The number of aryl methyl sites for hydroxylation is 2. The molecule has 1 rings (SSSR count). The molecule has 0 fully saturated rings. The van der Waals surface area contributed by atoms with Crippen LogP contribution in [0.15, 0.2) is 12.1 Å². The van der Waals surface area contributed by atoms with Gasteiger partial charge in [0.15, 0.2) is 0 Å². The average molecular weight is 231 g/mol. The fourth-order valence-corrected chi connectivity index (χ4v) is 1.06. The highest BCUT2D eigenvalue weighted by molar-refractivity contribution is 14.1. The molecule has 0 saturated heterocycles. The minimum absolute atomic E-state index is 1.25. The van der Waals surface area contributed by atoms with Crippen molar-refractivity contribution in [3.05, 3.63) is 32.9 Å². The van der Waals surface area contributed by atoms with Gasteiger partial charge in [0.05, 0.1) is 0 Å². The van der Waals surface area contributed by atoms with Gasteiger partial charge in [0.2, 0.25) is 0 Å². The Morgan fingerprint density at radius 2 is 2.11 bits per heavy atom. The fourth-order valence-electron chi connectivity index (χ4n) is 0.724. The van der Waals surface area contributed by atoms with Gasteiger partial charge in [0, 0.05) is 3.57 Å². The van der Waals surface area contributed by atoms with Crippen LogP contribution in [-0.4, -0.2) is 0 Å². The Labute approximate surface area is 69.4 Å². The summed E-state index contributed by atoms with van der Waals surface area (Å²) in [5.41, 5.74) is 2.59. The van der Waals surface area contributed by atoms with E-state index < -0.39 is 0 Å². The first-order chi connectivity index (χ1) is 4.22. The Kier molecular flexibility index (Phi) is 2.11. The summed E-state index contributed by atoms with van der Waals surface area (Å²) < 4.78 is 1.33. The zero-order valence-electron chi connectivity index (χ0n) is 5.53. The molecule has 0 N–H and O–H groups in total. The maximum atomic E-state index is 3.13. The summed E-state index contributed by atoms with van der Waals surface area (Å²) in [5, 5.41) is 0. The van der Waals surface area contributed by atoms with E-state index in [1.54, 1.807) is 0 Å². The Hall–Kier alpha value is -0.0500. The number of hydrogen-bond donors (Lipinski definition) is 0. The molecule has 1 heteroatoms. The minimum atomic E-state index is 1.25. The lowest BCUT2D eigenvalue weighted by molar-refractivity contribution is 1.33. The first kappa shape index (κ1) is 7.06. The molecule has 0 spiro atoms. The zero-order chi connectivity index (χ0) is 6.85. The van der Waals surface area contributed by atoms with Gasteiger partial charge < -0.3 is 0 Å². The van der Waals surface area contributed by atoms with E-state index in [1.165, 1.54) is 14.7 Å². The molecule has 47 valence electrons. The van der Waals surface area contributed by atoms with Crippen molar-refractivity contribution in [2.75, 3.05) is 0 Å². The van der Waals surface area contributed by atoms with Gasteiger partial charge in [-0.15, -0.1) is 0 Å². The fraction of sp³-hybridized carbons (Fsp3) is 0.250. The SMILES string of the molecule is Cc1[c]ccc(C)c1I. The van der Waals surface area contributed by atoms with Gasteiger partial charge in [-0.1, -0.05) is 12.1 Å². The first-order valence-corrected chi connectivity index (χ1v) is 3.93. The van der Waals surface area contributed by atoms with E-state index in [9.17, 15) is 0 Å². The monoisotopic (exact) mass is 231 g/mol. The van der Waals surface area contributed by atoms with Crippen LogP contribution in [0.5, 0.6) is 0 Å². The van der Waals surface area contributed by atoms with Crippen molar-refractivity contribution in [1.82, 2.24) is 0 Å². The predicted molar refractivity (Wildman–Crippen MR) is 47.5 cm³/mol. The summed E-state index contributed by atoms with van der Waals surface area (Å²) in [7, 11) is 0. The maximum absolute atomic E-state index is 3.13. The summed E-state index contributed by atoms with van der Waals surface area (Å²) in [5.74, 6) is 0. The van der Waals surface area contributed by atoms with Crippen molar-refractivity contribution in [3.63, 3.8) is 0 Å². The average Bonchev–Trinajstić information content (AvgIpc) is 1.83. The third kappa shape index (κ3) is 1.45. The van der Waals surface area contributed by atoms with Crippen LogP contribution < -0.4 is 0 Å². The summed E-state index contributed by atoms with van der Waals surface area (Å²) >= 11 is 2.34. The molecular formula is C8H8I. The van der Waals surface area contributed by atoms with E-state index in [-0.39, 0.29) is 0 Å². The van der Waals surface area contributed by atoms with E-state index in [0.29, 0.717) is 0 Å². The second-order valence-corrected chi connectivity index (χ2v) is 3.18. The van der Waals surface area contributed by atoms with Crippen LogP contribution in [0.25, 0.3) is 0 Å². The molecule has 1 radical (unpaired) electrons. The Balaban J connectivity index is 3.25. The molecule has 0 unspecified atom stereocenters. The number of halogens is 1. The van der Waals surface area contributed by atoms with Crippen molar-refractivity contribution < 1.29 is 0 Å². The highest BCUT2D eigenvalue weighted by Gasteiger charge is 1.94. The molecule has 0 saturated carbocycles. The number of hydrogen-bond acceptors (Lipinski definition) is 0. The third-order valence-corrected chi connectivity index (χ3v) is 2.97. The molecule has 0 aliphatic carbocycles. The largest absolute Gasteiger partial charge is 0.0576 e. The van der Waals surface area contributed by atoms with Gasteiger partial charge in [-0.3, -0.25) is 0 Å². The molecule has 0 aliphatic heterocycles. The van der Waals surface area contributed by atoms with Gasteiger partial charge in [-0.2, -0.15) is 0 Å². The van der Waals surface area contributed by atoms with Crippen LogP contribution >= 0.6 is 22.6 Å². The molecular weight excluding hydrogens is 223 g/mol.